The first kappa shape index (κ1) is 9.14. The zero-order chi connectivity index (χ0) is 9.30. The van der Waals surface area contributed by atoms with Crippen molar-refractivity contribution in [3.05, 3.63) is 41.3 Å². The molecule has 0 heterocycles. The zero-order valence-corrected chi connectivity index (χ0v) is 7.90. The molecule has 0 saturated heterocycles. The summed E-state index contributed by atoms with van der Waals surface area (Å²) in [5.74, 6) is 0. The van der Waals surface area contributed by atoms with E-state index in [1.807, 2.05) is 26.0 Å². The van der Waals surface area contributed by atoms with E-state index in [0.717, 1.165) is 11.1 Å². The standard InChI is InChI=1S/C10H10ClO/c1-6-4-7(2)9(10(11)12)8(3)5-6/h4-5H,2H2,1,3H3/q+1. The summed E-state index contributed by atoms with van der Waals surface area (Å²) in [6, 6.07) is 3.77. The predicted octanol–water partition coefficient (Wildman–Crippen LogP) is 2.86. The van der Waals surface area contributed by atoms with Crippen LogP contribution in [0.5, 0.6) is 0 Å². The second-order valence-corrected chi connectivity index (χ2v) is 3.23. The molecule has 0 N–H and O–H groups in total. The van der Waals surface area contributed by atoms with Crippen molar-refractivity contribution in [1.82, 2.24) is 0 Å². The summed E-state index contributed by atoms with van der Waals surface area (Å²) < 4.78 is 0. The van der Waals surface area contributed by atoms with Gasteiger partial charge in [-0.1, -0.05) is 0 Å². The van der Waals surface area contributed by atoms with Crippen molar-refractivity contribution in [3.8, 4) is 0 Å². The van der Waals surface area contributed by atoms with Crippen LogP contribution in [0.15, 0.2) is 12.1 Å². The van der Waals surface area contributed by atoms with Gasteiger partial charge in [-0.15, -0.1) is 0 Å². The maximum atomic E-state index is 10.9. The van der Waals surface area contributed by atoms with E-state index in [1.54, 1.807) is 0 Å². The van der Waals surface area contributed by atoms with Gasteiger partial charge in [0, 0.05) is 24.1 Å². The van der Waals surface area contributed by atoms with Crippen LogP contribution in [0, 0.1) is 20.8 Å². The summed E-state index contributed by atoms with van der Waals surface area (Å²) in [5, 5.41) is -0.433. The third kappa shape index (κ3) is 1.62. The molecule has 0 fully saturated rings. The second-order valence-electron chi connectivity index (χ2n) is 2.89. The molecular formula is C10H10ClO+. The van der Waals surface area contributed by atoms with Crippen LogP contribution in [-0.2, 0) is 0 Å². The Morgan fingerprint density at radius 3 is 2.42 bits per heavy atom. The van der Waals surface area contributed by atoms with Crippen LogP contribution >= 0.6 is 11.6 Å². The fourth-order valence-electron chi connectivity index (χ4n) is 1.34. The van der Waals surface area contributed by atoms with E-state index in [-0.39, 0.29) is 0 Å². The molecule has 0 aliphatic rings. The summed E-state index contributed by atoms with van der Waals surface area (Å²) in [6.07, 6.45) is 0. The van der Waals surface area contributed by atoms with Gasteiger partial charge in [0.05, 0.1) is 0 Å². The number of carbonyl (C=O) groups is 1. The molecule has 0 aliphatic carbocycles. The first-order valence-electron chi connectivity index (χ1n) is 3.65. The first-order chi connectivity index (χ1) is 5.52. The maximum absolute atomic E-state index is 10.9. The minimum Gasteiger partial charge on any atom is -0.259 e. The second kappa shape index (κ2) is 3.20. The van der Waals surface area contributed by atoms with E-state index in [0.29, 0.717) is 11.1 Å². The molecule has 1 nitrogen and oxygen atoms in total. The van der Waals surface area contributed by atoms with Gasteiger partial charge in [-0.3, -0.25) is 4.79 Å². The number of carbonyl (C=O) groups excluding carboxylic acids is 1. The fraction of sp³-hybridized carbons (Fsp3) is 0.200. The molecule has 1 aromatic carbocycles. The summed E-state index contributed by atoms with van der Waals surface area (Å²) in [6.45, 7) is 7.58. The third-order valence-corrected chi connectivity index (χ3v) is 1.95. The molecule has 0 aliphatic heterocycles. The van der Waals surface area contributed by atoms with Gasteiger partial charge in [0.15, 0.2) is 0 Å². The molecule has 0 atom stereocenters. The Kier molecular flexibility index (Phi) is 2.43. The van der Waals surface area contributed by atoms with E-state index in [9.17, 15) is 4.79 Å². The highest BCUT2D eigenvalue weighted by atomic mass is 35.5. The molecule has 1 rings (SSSR count). The molecule has 0 saturated carbocycles. The van der Waals surface area contributed by atoms with Crippen LogP contribution in [0.3, 0.4) is 0 Å². The van der Waals surface area contributed by atoms with Crippen LogP contribution in [0.2, 0.25) is 0 Å². The van der Waals surface area contributed by atoms with E-state index < -0.39 is 5.24 Å². The van der Waals surface area contributed by atoms with E-state index in [2.05, 4.69) is 6.92 Å². The number of aryl methyl sites for hydroxylation is 2. The van der Waals surface area contributed by atoms with Gasteiger partial charge < -0.3 is 0 Å². The SMILES string of the molecule is [CH2+]c1cc(C)cc(C)c1C(=O)Cl. The van der Waals surface area contributed by atoms with Crippen molar-refractivity contribution in [2.75, 3.05) is 0 Å². The van der Waals surface area contributed by atoms with Crippen molar-refractivity contribution < 1.29 is 4.79 Å². The molecule has 1 aromatic rings. The molecule has 62 valence electrons. The largest absolute Gasteiger partial charge is 0.309 e. The third-order valence-electron chi connectivity index (χ3n) is 1.76. The van der Waals surface area contributed by atoms with E-state index >= 15 is 0 Å². The summed E-state index contributed by atoms with van der Waals surface area (Å²) in [7, 11) is 0. The number of benzene rings is 1. The molecule has 0 aromatic heterocycles. The lowest BCUT2D eigenvalue weighted by Crippen LogP contribution is -1.98. The molecule has 0 amide bonds. The van der Waals surface area contributed by atoms with Crippen molar-refractivity contribution in [1.29, 1.82) is 0 Å². The van der Waals surface area contributed by atoms with Crippen molar-refractivity contribution in [2.24, 2.45) is 0 Å². The Morgan fingerprint density at radius 2 is 2.00 bits per heavy atom. The van der Waals surface area contributed by atoms with Crippen molar-refractivity contribution >= 4 is 16.8 Å². The molecule has 0 bridgehead atoms. The van der Waals surface area contributed by atoms with Gasteiger partial charge in [-0.25, -0.2) is 0 Å². The normalized spacial score (nSPS) is 9.92. The molecule has 0 radical (unpaired) electrons. The van der Waals surface area contributed by atoms with Gasteiger partial charge in [0.1, 0.15) is 11.1 Å². The Bertz CT molecular complexity index is 306. The highest BCUT2D eigenvalue weighted by Gasteiger charge is 2.17. The zero-order valence-electron chi connectivity index (χ0n) is 7.15. The lowest BCUT2D eigenvalue weighted by atomic mass is 10.0. The quantitative estimate of drug-likeness (QED) is 0.481. The van der Waals surface area contributed by atoms with Gasteiger partial charge >= 0.3 is 5.24 Å². The lowest BCUT2D eigenvalue weighted by Gasteiger charge is -1.97. The van der Waals surface area contributed by atoms with Crippen LogP contribution in [0.4, 0.5) is 0 Å². The fourth-order valence-corrected chi connectivity index (χ4v) is 1.61. The highest BCUT2D eigenvalue weighted by Crippen LogP contribution is 2.17. The first-order valence-corrected chi connectivity index (χ1v) is 4.03. The number of hydrogen-bond donors (Lipinski definition) is 0. The minimum absolute atomic E-state index is 0.433. The van der Waals surface area contributed by atoms with Crippen LogP contribution in [-0.4, -0.2) is 5.24 Å². The Labute approximate surface area is 77.4 Å². The predicted molar refractivity (Wildman–Crippen MR) is 50.6 cm³/mol. The average molecular weight is 182 g/mol. The van der Waals surface area contributed by atoms with Gasteiger partial charge in [-0.2, -0.15) is 0 Å². The molecule has 2 heteroatoms. The Morgan fingerprint density at radius 1 is 1.42 bits per heavy atom. The summed E-state index contributed by atoms with van der Waals surface area (Å²) in [5.41, 5.74) is 3.22. The van der Waals surface area contributed by atoms with E-state index in [4.69, 9.17) is 11.6 Å². The highest BCUT2D eigenvalue weighted by molar-refractivity contribution is 6.68. The Hall–Kier alpha value is -0.950. The maximum Gasteiger partial charge on any atom is 0.309 e. The summed E-state index contributed by atoms with van der Waals surface area (Å²) in [4.78, 5) is 10.9. The van der Waals surface area contributed by atoms with Crippen LogP contribution in [0.1, 0.15) is 27.0 Å². The molecule has 0 unspecified atom stereocenters. The minimum atomic E-state index is -0.433. The van der Waals surface area contributed by atoms with Crippen molar-refractivity contribution in [3.63, 3.8) is 0 Å². The number of rotatable bonds is 1. The molecular weight excluding hydrogens is 172 g/mol. The Balaban J connectivity index is 3.38. The van der Waals surface area contributed by atoms with E-state index in [1.165, 1.54) is 0 Å². The van der Waals surface area contributed by atoms with Gasteiger partial charge in [-0.05, 0) is 31.5 Å². The van der Waals surface area contributed by atoms with Crippen LogP contribution < -0.4 is 0 Å². The number of halogens is 1. The molecule has 12 heavy (non-hydrogen) atoms. The number of hydrogen-bond acceptors (Lipinski definition) is 1. The average Bonchev–Trinajstić information content (AvgIpc) is 1.82. The summed E-state index contributed by atoms with van der Waals surface area (Å²) >= 11 is 5.39. The van der Waals surface area contributed by atoms with Crippen LogP contribution in [0.25, 0.3) is 0 Å². The molecule has 0 spiro atoms. The monoisotopic (exact) mass is 181 g/mol. The smallest absolute Gasteiger partial charge is 0.259 e. The van der Waals surface area contributed by atoms with Gasteiger partial charge in [0.25, 0.3) is 0 Å². The topological polar surface area (TPSA) is 17.1 Å². The van der Waals surface area contributed by atoms with Crippen molar-refractivity contribution in [2.45, 2.75) is 13.8 Å². The van der Waals surface area contributed by atoms with Gasteiger partial charge in [0.2, 0.25) is 0 Å². The lowest BCUT2D eigenvalue weighted by molar-refractivity contribution is 0.108.